The number of nitrogens with two attached hydrogens (primary N) is 1. The number of halogens is 2. The van der Waals surface area contributed by atoms with Crippen LogP contribution in [0.3, 0.4) is 0 Å². The second kappa shape index (κ2) is 10.0. The summed E-state index contributed by atoms with van der Waals surface area (Å²) >= 11 is 12.2. The van der Waals surface area contributed by atoms with Crippen molar-refractivity contribution in [1.82, 2.24) is 0 Å². The van der Waals surface area contributed by atoms with Crippen molar-refractivity contribution in [1.29, 1.82) is 0 Å². The largest absolute Gasteiger partial charge is 0.489 e. The number of benzene rings is 3. The van der Waals surface area contributed by atoms with Crippen LogP contribution in [0.5, 0.6) is 0 Å². The normalized spacial score (nSPS) is 13.3. The maximum atomic E-state index is 12.5. The third-order valence-corrected chi connectivity index (χ3v) is 7.74. The van der Waals surface area contributed by atoms with Crippen LogP contribution in [0.4, 0.5) is 5.69 Å². The summed E-state index contributed by atoms with van der Waals surface area (Å²) < 4.78 is 31.8. The van der Waals surface area contributed by atoms with Gasteiger partial charge in [0.1, 0.15) is 11.3 Å². The summed E-state index contributed by atoms with van der Waals surface area (Å²) in [6, 6.07) is 14.6. The summed E-state index contributed by atoms with van der Waals surface area (Å²) in [5.74, 6) is -0.103. The minimum absolute atomic E-state index is 0.0132. The number of hydrogen-bond donors (Lipinski definition) is 4. The number of hydrogen-bond acceptors (Lipinski definition) is 6. The quantitative estimate of drug-likeness (QED) is 0.193. The fourth-order valence-electron chi connectivity index (χ4n) is 4.45. The Hall–Kier alpha value is -3.02. The number of anilines is 1. The lowest BCUT2D eigenvalue weighted by atomic mass is 9.80. The van der Waals surface area contributed by atoms with Crippen molar-refractivity contribution >= 4 is 69.2 Å². The Labute approximate surface area is 224 Å². The summed E-state index contributed by atoms with van der Waals surface area (Å²) in [6.45, 7) is -0.0132. The molecule has 0 spiro atoms. The lowest BCUT2D eigenvalue weighted by Gasteiger charge is -2.21. The van der Waals surface area contributed by atoms with Crippen molar-refractivity contribution in [3.05, 3.63) is 81.3 Å². The van der Waals surface area contributed by atoms with Crippen LogP contribution in [-0.4, -0.2) is 31.5 Å². The zero-order chi connectivity index (χ0) is 26.4. The van der Waals surface area contributed by atoms with Gasteiger partial charge in [-0.2, -0.15) is 0 Å². The molecule has 1 aliphatic carbocycles. The van der Waals surface area contributed by atoms with Gasteiger partial charge in [-0.05, 0) is 78.4 Å². The molecule has 8 nitrogen and oxygen atoms in total. The van der Waals surface area contributed by atoms with Crippen molar-refractivity contribution in [2.24, 2.45) is 5.73 Å². The molecule has 4 aromatic rings. The smallest absolute Gasteiger partial charge is 0.455 e. The molecule has 1 heterocycles. The Morgan fingerprint density at radius 2 is 1.78 bits per heavy atom. The zero-order valence-corrected chi connectivity index (χ0v) is 21.6. The molecule has 190 valence electrons. The average molecular weight is 559 g/mol. The predicted molar refractivity (Wildman–Crippen MR) is 145 cm³/mol. The number of thiol groups is 1. The highest BCUT2D eigenvalue weighted by Crippen LogP contribution is 2.45. The van der Waals surface area contributed by atoms with Crippen LogP contribution >= 0.6 is 23.2 Å². The number of carbonyl (C=O) groups excluding carboxylic acids is 1. The van der Waals surface area contributed by atoms with Crippen LogP contribution in [0, 0.1) is 0 Å². The minimum atomic E-state index is -3.07. The molecule has 1 fully saturated rings. The van der Waals surface area contributed by atoms with Gasteiger partial charge in [0.2, 0.25) is 10.9 Å². The van der Waals surface area contributed by atoms with Gasteiger partial charge in [0, 0.05) is 26.5 Å². The van der Waals surface area contributed by atoms with Crippen molar-refractivity contribution < 1.29 is 27.7 Å². The lowest BCUT2D eigenvalue weighted by molar-refractivity contribution is 0.100. The van der Waals surface area contributed by atoms with Gasteiger partial charge in [0.05, 0.1) is 17.8 Å². The van der Waals surface area contributed by atoms with E-state index in [9.17, 15) is 23.3 Å². The van der Waals surface area contributed by atoms with Gasteiger partial charge in [-0.25, -0.2) is 8.42 Å². The van der Waals surface area contributed by atoms with Gasteiger partial charge in [-0.3, -0.25) is 9.10 Å². The highest BCUT2D eigenvalue weighted by molar-refractivity contribution is 7.74. The van der Waals surface area contributed by atoms with E-state index in [0.717, 1.165) is 22.7 Å². The molecule has 1 saturated carbocycles. The Morgan fingerprint density at radius 1 is 1.08 bits per heavy atom. The number of carbonyl (C=O) groups is 1. The number of furan rings is 1. The molecule has 0 aliphatic heterocycles. The van der Waals surface area contributed by atoms with E-state index in [0.29, 0.717) is 32.9 Å². The second-order valence-electron chi connectivity index (χ2n) is 8.87. The van der Waals surface area contributed by atoms with Gasteiger partial charge in [0.15, 0.2) is 0 Å². The van der Waals surface area contributed by atoms with Gasteiger partial charge >= 0.3 is 7.12 Å². The first-order chi connectivity index (χ1) is 17.6. The fraction of sp³-hybridized carbons (Fsp3) is 0.160. The van der Waals surface area contributed by atoms with E-state index in [2.05, 4.69) is 0 Å². The maximum absolute atomic E-state index is 12.5. The van der Waals surface area contributed by atoms with Crippen molar-refractivity contribution in [2.75, 3.05) is 4.31 Å². The maximum Gasteiger partial charge on any atom is 0.489 e. The summed E-state index contributed by atoms with van der Waals surface area (Å²) in [6.07, 6.45) is 1.87. The molecule has 4 N–H and O–H groups in total. The van der Waals surface area contributed by atoms with E-state index in [1.807, 2.05) is 6.07 Å². The molecule has 5 rings (SSSR count). The van der Waals surface area contributed by atoms with Crippen LogP contribution in [-0.2, 0) is 17.4 Å². The number of nitrogens with zero attached hydrogens (tertiary/aromatic N) is 1. The molecule has 37 heavy (non-hydrogen) atoms. The monoisotopic (exact) mass is 558 g/mol. The summed E-state index contributed by atoms with van der Waals surface area (Å²) in [4.78, 5) is 12.5. The summed E-state index contributed by atoms with van der Waals surface area (Å²) in [5.41, 5.74) is 9.00. The second-order valence-corrected chi connectivity index (χ2v) is 10.7. The van der Waals surface area contributed by atoms with E-state index in [-0.39, 0.29) is 34.2 Å². The predicted octanol–water partition coefficient (Wildman–Crippen LogP) is 3.60. The van der Waals surface area contributed by atoms with Crippen LogP contribution in [0.1, 0.15) is 40.2 Å². The first-order valence-electron chi connectivity index (χ1n) is 11.4. The highest BCUT2D eigenvalue weighted by atomic mass is 35.5. The van der Waals surface area contributed by atoms with E-state index in [4.69, 9.17) is 33.4 Å². The molecule has 3 aromatic carbocycles. The summed E-state index contributed by atoms with van der Waals surface area (Å²) in [7, 11) is -4.86. The van der Waals surface area contributed by atoms with Gasteiger partial charge < -0.3 is 20.2 Å². The molecule has 12 heteroatoms. The minimum Gasteiger partial charge on any atom is -0.455 e. The van der Waals surface area contributed by atoms with E-state index in [1.54, 1.807) is 30.3 Å². The lowest BCUT2D eigenvalue weighted by Crippen LogP contribution is -2.31. The Morgan fingerprint density at radius 3 is 2.35 bits per heavy atom. The molecule has 1 aromatic heterocycles. The Bertz CT molecular complexity index is 1590. The fourth-order valence-corrected chi connectivity index (χ4v) is 5.43. The molecular formula is C25H21BCl2N2O6S. The topological polar surface area (TPSA) is 134 Å². The van der Waals surface area contributed by atoms with E-state index >= 15 is 0 Å². The molecular weight excluding hydrogens is 538 g/mol. The first kappa shape index (κ1) is 25.6. The van der Waals surface area contributed by atoms with Crippen LogP contribution in [0.2, 0.25) is 10.0 Å². The molecule has 0 atom stereocenters. The molecule has 0 radical (unpaired) electrons. The molecule has 0 unspecified atom stereocenters. The van der Waals surface area contributed by atoms with Crippen LogP contribution in [0.15, 0.2) is 59.0 Å². The summed E-state index contributed by atoms with van der Waals surface area (Å²) in [5, 5.41) is 20.0. The molecule has 0 saturated heterocycles. The van der Waals surface area contributed by atoms with Crippen molar-refractivity contribution in [3.8, 4) is 11.3 Å². The van der Waals surface area contributed by atoms with Crippen molar-refractivity contribution in [3.63, 3.8) is 0 Å². The van der Waals surface area contributed by atoms with Gasteiger partial charge in [0.25, 0.3) is 5.91 Å². The molecule has 0 bridgehead atoms. The number of amides is 1. The SMILES string of the molecule is NC(=O)c1c(-c2ccc(Cl)cc2)oc2cc(CN(c3ccc(B(O)O)c(Cl)c3)[SH](=O)=O)c(C3CC3)cc12. The highest BCUT2D eigenvalue weighted by Gasteiger charge is 2.30. The zero-order valence-electron chi connectivity index (χ0n) is 19.2. The standard InChI is InChI=1S/C25H21BCl2N2O6S/c27-16-5-3-14(4-6-16)24-23(25(29)31)19-11-18(13-1-2-13)15(9-22(19)36-24)12-30(37(34)35)17-7-8-20(26(32)33)21(28)10-17/h3-11,13,32-33,37H,1-2,12H2,(H2,29,31). The third-order valence-electron chi connectivity index (χ3n) is 6.40. The molecule has 1 amide bonds. The van der Waals surface area contributed by atoms with Gasteiger partial charge in [-0.15, -0.1) is 0 Å². The van der Waals surface area contributed by atoms with Gasteiger partial charge in [-0.1, -0.05) is 29.3 Å². The first-order valence-corrected chi connectivity index (χ1v) is 13.2. The van der Waals surface area contributed by atoms with E-state index in [1.165, 1.54) is 18.2 Å². The number of fused-ring (bicyclic) bond motifs is 1. The third kappa shape index (κ3) is 5.08. The Kier molecular flexibility index (Phi) is 6.95. The number of rotatable bonds is 8. The van der Waals surface area contributed by atoms with E-state index < -0.39 is 23.9 Å². The van der Waals surface area contributed by atoms with Crippen molar-refractivity contribution in [2.45, 2.75) is 25.3 Å². The molecule has 1 aliphatic rings. The van der Waals surface area contributed by atoms with Crippen LogP contribution in [0.25, 0.3) is 22.3 Å². The average Bonchev–Trinajstić information content (AvgIpc) is 3.62. The van der Waals surface area contributed by atoms with Crippen LogP contribution < -0.4 is 15.5 Å². The number of primary amides is 1. The Balaban J connectivity index is 1.62.